The van der Waals surface area contributed by atoms with Crippen LogP contribution >= 0.6 is 11.3 Å². The van der Waals surface area contributed by atoms with Crippen LogP contribution in [-0.2, 0) is 27.2 Å². The molecule has 1 atom stereocenters. The topological polar surface area (TPSA) is 96.4 Å². The molecule has 0 radical (unpaired) electrons. The fourth-order valence-electron chi connectivity index (χ4n) is 3.88. The highest BCUT2D eigenvalue weighted by molar-refractivity contribution is 7.91. The molecule has 11 heteroatoms. The molecule has 1 heterocycles. The first-order valence-electron chi connectivity index (χ1n) is 12.0. The molecule has 0 aliphatic heterocycles. The van der Waals surface area contributed by atoms with Crippen LogP contribution < -0.4 is 5.32 Å². The van der Waals surface area contributed by atoms with Crippen LogP contribution in [0.25, 0.3) is 11.3 Å². The maximum Gasteiger partial charge on any atom is 0.416 e. The number of nitrogens with zero attached hydrogens (tertiary/aromatic N) is 1. The van der Waals surface area contributed by atoms with E-state index in [9.17, 15) is 31.5 Å². The van der Waals surface area contributed by atoms with Gasteiger partial charge in [0, 0.05) is 23.1 Å². The van der Waals surface area contributed by atoms with Crippen molar-refractivity contribution in [1.29, 1.82) is 0 Å². The lowest BCUT2D eigenvalue weighted by molar-refractivity contribution is -0.137. The largest absolute Gasteiger partial charge is 0.416 e. The van der Waals surface area contributed by atoms with E-state index in [1.165, 1.54) is 47.7 Å². The Morgan fingerprint density at radius 3 is 2.21 bits per heavy atom. The zero-order valence-electron chi connectivity index (χ0n) is 20.8. The van der Waals surface area contributed by atoms with Crippen LogP contribution in [0.3, 0.4) is 0 Å². The quantitative estimate of drug-likeness (QED) is 0.258. The first-order valence-corrected chi connectivity index (χ1v) is 14.5. The van der Waals surface area contributed by atoms with Crippen LogP contribution in [-0.4, -0.2) is 36.8 Å². The Kier molecular flexibility index (Phi) is 8.53. The molecule has 6 nitrogen and oxygen atoms in total. The third-order valence-corrected chi connectivity index (χ3v) is 8.76. The van der Waals surface area contributed by atoms with Gasteiger partial charge in [0.2, 0.25) is 5.91 Å². The van der Waals surface area contributed by atoms with Crippen molar-refractivity contribution in [3.8, 4) is 11.3 Å². The number of carbonyl (C=O) groups excluding carboxylic acids is 1. The van der Waals surface area contributed by atoms with Crippen molar-refractivity contribution in [3.63, 3.8) is 0 Å². The van der Waals surface area contributed by atoms with Crippen molar-refractivity contribution >= 4 is 32.8 Å². The van der Waals surface area contributed by atoms with Gasteiger partial charge >= 0.3 is 6.18 Å². The van der Waals surface area contributed by atoms with Gasteiger partial charge in [0.1, 0.15) is 0 Å². The average Bonchev–Trinajstić information content (AvgIpc) is 3.38. The van der Waals surface area contributed by atoms with Crippen LogP contribution in [0.5, 0.6) is 0 Å². The molecule has 1 aromatic heterocycles. The number of aliphatic hydroxyl groups is 1. The summed E-state index contributed by atoms with van der Waals surface area (Å²) < 4.78 is 62.3. The smallest absolute Gasteiger partial charge is 0.395 e. The normalized spacial score (nSPS) is 12.7. The monoisotopic (exact) mass is 574 g/mol. The minimum absolute atomic E-state index is 0.0341. The second-order valence-corrected chi connectivity index (χ2v) is 12.0. The van der Waals surface area contributed by atoms with Gasteiger partial charge in [-0.3, -0.25) is 4.79 Å². The second kappa shape index (κ2) is 11.7. The summed E-state index contributed by atoms with van der Waals surface area (Å²) in [7, 11) is -3.37. The summed E-state index contributed by atoms with van der Waals surface area (Å²) in [5.74, 6) is -1.36. The predicted molar refractivity (Wildman–Crippen MR) is 144 cm³/mol. The molecule has 3 aromatic carbocycles. The van der Waals surface area contributed by atoms with Gasteiger partial charge in [-0.05, 0) is 47.5 Å². The van der Waals surface area contributed by atoms with E-state index in [0.29, 0.717) is 23.4 Å². The number of hydrogen-bond acceptors (Lipinski definition) is 6. The molecule has 4 rings (SSSR count). The summed E-state index contributed by atoms with van der Waals surface area (Å²) in [6.07, 6.45) is -3.96. The lowest BCUT2D eigenvalue weighted by Gasteiger charge is -2.15. The Labute approximate surface area is 228 Å². The van der Waals surface area contributed by atoms with Crippen LogP contribution in [0.1, 0.15) is 34.5 Å². The molecule has 0 aliphatic rings. The Morgan fingerprint density at radius 2 is 1.64 bits per heavy atom. The van der Waals surface area contributed by atoms with Crippen molar-refractivity contribution in [2.24, 2.45) is 0 Å². The molecule has 0 fully saturated rings. The summed E-state index contributed by atoms with van der Waals surface area (Å²) in [6.45, 7) is 1.10. The molecular weight excluding hydrogens is 549 g/mol. The SMILES string of the molecule is CCS(=O)(=O)c1ccc([C@@H](CO)C(=O)Nc2ccc(-c3csc(Cc4ccc(C(F)(F)F)cc4)n3)cc2)cc1. The van der Waals surface area contributed by atoms with Crippen LogP contribution in [0, 0.1) is 0 Å². The second-order valence-electron chi connectivity index (χ2n) is 8.77. The van der Waals surface area contributed by atoms with E-state index in [-0.39, 0.29) is 10.6 Å². The van der Waals surface area contributed by atoms with Gasteiger partial charge < -0.3 is 10.4 Å². The molecule has 39 heavy (non-hydrogen) atoms. The van der Waals surface area contributed by atoms with Gasteiger partial charge in [-0.25, -0.2) is 13.4 Å². The van der Waals surface area contributed by atoms with Gasteiger partial charge in [-0.1, -0.05) is 43.3 Å². The van der Waals surface area contributed by atoms with E-state index in [0.717, 1.165) is 28.3 Å². The first-order chi connectivity index (χ1) is 18.5. The van der Waals surface area contributed by atoms with Crippen LogP contribution in [0.15, 0.2) is 83.1 Å². The molecule has 0 aliphatic carbocycles. The molecule has 204 valence electrons. The summed E-state index contributed by atoms with van der Waals surface area (Å²) in [6, 6.07) is 17.9. The number of thiazole rings is 1. The van der Waals surface area contributed by atoms with Gasteiger partial charge in [0.05, 0.1) is 39.4 Å². The third-order valence-electron chi connectivity index (χ3n) is 6.16. The number of anilines is 1. The van der Waals surface area contributed by atoms with Crippen molar-refractivity contribution in [1.82, 2.24) is 4.98 Å². The number of aliphatic hydroxyl groups excluding tert-OH is 1. The minimum Gasteiger partial charge on any atom is -0.395 e. The van der Waals surface area contributed by atoms with E-state index in [4.69, 9.17) is 0 Å². The number of benzene rings is 3. The predicted octanol–water partition coefficient (Wildman–Crippen LogP) is 5.93. The van der Waals surface area contributed by atoms with Gasteiger partial charge in [0.25, 0.3) is 0 Å². The number of carbonyl (C=O) groups is 1. The van der Waals surface area contributed by atoms with E-state index >= 15 is 0 Å². The average molecular weight is 575 g/mol. The number of rotatable bonds is 9. The lowest BCUT2D eigenvalue weighted by atomic mass is 9.99. The summed E-state index contributed by atoms with van der Waals surface area (Å²) in [5.41, 5.74) is 2.53. The number of aromatic nitrogens is 1. The molecule has 4 aromatic rings. The number of amides is 1. The highest BCUT2D eigenvalue weighted by Gasteiger charge is 2.30. The van der Waals surface area contributed by atoms with Gasteiger partial charge in [-0.2, -0.15) is 13.2 Å². The Hall–Kier alpha value is -3.54. The van der Waals surface area contributed by atoms with E-state index < -0.39 is 40.0 Å². The Bertz CT molecular complexity index is 1530. The van der Waals surface area contributed by atoms with E-state index in [2.05, 4.69) is 10.3 Å². The third kappa shape index (κ3) is 6.92. The fourth-order valence-corrected chi connectivity index (χ4v) is 5.60. The maximum atomic E-state index is 12.8. The van der Waals surface area contributed by atoms with E-state index in [1.807, 2.05) is 5.38 Å². The lowest BCUT2D eigenvalue weighted by Crippen LogP contribution is -2.24. The molecular formula is C28H25F3N2O4S2. The highest BCUT2D eigenvalue weighted by atomic mass is 32.2. The van der Waals surface area contributed by atoms with Gasteiger partial charge in [0.15, 0.2) is 9.84 Å². The molecule has 2 N–H and O–H groups in total. The summed E-state index contributed by atoms with van der Waals surface area (Å²) in [5, 5.41) is 15.2. The van der Waals surface area contributed by atoms with Crippen molar-refractivity contribution in [2.45, 2.75) is 30.3 Å². The number of nitrogens with one attached hydrogen (secondary N) is 1. The molecule has 0 saturated heterocycles. The minimum atomic E-state index is -4.37. The zero-order valence-corrected chi connectivity index (χ0v) is 22.4. The van der Waals surface area contributed by atoms with Crippen LogP contribution in [0.4, 0.5) is 18.9 Å². The summed E-state index contributed by atoms with van der Waals surface area (Å²) >= 11 is 1.40. The molecule has 1 amide bonds. The number of sulfone groups is 1. The fraction of sp³-hybridized carbons (Fsp3) is 0.214. The number of halogens is 3. The molecule has 0 saturated carbocycles. The van der Waals surface area contributed by atoms with Crippen molar-refractivity contribution in [3.05, 3.63) is 99.9 Å². The molecule has 0 unspecified atom stereocenters. The molecule has 0 bridgehead atoms. The molecule has 0 spiro atoms. The number of hydrogen-bond donors (Lipinski definition) is 2. The standard InChI is InChI=1S/C28H25F3N2O4S2/c1-2-39(36,37)23-13-7-19(8-14-23)24(16-34)27(35)32-22-11-5-20(6-12-22)25-17-38-26(33-25)15-18-3-9-21(10-4-18)28(29,30)31/h3-14,17,24,34H,2,15-16H2,1H3,(H,32,35)/t24-/m1/s1. The maximum absolute atomic E-state index is 12.8. The van der Waals surface area contributed by atoms with Crippen LogP contribution in [0.2, 0.25) is 0 Å². The first kappa shape index (κ1) is 28.5. The zero-order chi connectivity index (χ0) is 28.2. The highest BCUT2D eigenvalue weighted by Crippen LogP contribution is 2.30. The van der Waals surface area contributed by atoms with E-state index in [1.54, 1.807) is 31.2 Å². The van der Waals surface area contributed by atoms with Crippen molar-refractivity contribution < 1.29 is 31.5 Å². The number of alkyl halides is 3. The summed E-state index contributed by atoms with van der Waals surface area (Å²) in [4.78, 5) is 17.6. The Morgan fingerprint density at radius 1 is 1.00 bits per heavy atom. The van der Waals surface area contributed by atoms with Crippen molar-refractivity contribution in [2.75, 3.05) is 17.7 Å². The van der Waals surface area contributed by atoms with Gasteiger partial charge in [-0.15, -0.1) is 11.3 Å². The Balaban J connectivity index is 1.40.